The summed E-state index contributed by atoms with van der Waals surface area (Å²) in [5.74, 6) is 0. The molecule has 0 heterocycles. The van der Waals surface area contributed by atoms with Gasteiger partial charge in [0.15, 0.2) is 0 Å². The van der Waals surface area contributed by atoms with Gasteiger partial charge in [-0.3, -0.25) is 4.79 Å². The molecule has 6 heteroatoms. The second-order valence-corrected chi connectivity index (χ2v) is 2.04. The third-order valence-corrected chi connectivity index (χ3v) is 1.10. The van der Waals surface area contributed by atoms with Crippen LogP contribution in [0.25, 0.3) is 0 Å². The van der Waals surface area contributed by atoms with Crippen LogP contribution in [0.5, 0.6) is 0 Å². The Morgan fingerprint density at radius 3 is 1.77 bits per heavy atom. The number of rotatable bonds is 9. The summed E-state index contributed by atoms with van der Waals surface area (Å²) < 4.78 is 9.43. The number of nitrogens with zero attached hydrogens (tertiary/aromatic N) is 1. The Kier molecular flexibility index (Phi) is 8.90. The van der Waals surface area contributed by atoms with E-state index in [0.29, 0.717) is 19.6 Å². The molecule has 0 fully saturated rings. The molecule has 78 valence electrons. The Labute approximate surface area is 77.2 Å². The van der Waals surface area contributed by atoms with Crippen LogP contribution in [0.2, 0.25) is 0 Å². The summed E-state index contributed by atoms with van der Waals surface area (Å²) >= 11 is 0. The second-order valence-electron chi connectivity index (χ2n) is 2.04. The molecule has 1 amide bonds. The van der Waals surface area contributed by atoms with Gasteiger partial charge in [-0.2, -0.15) is 0 Å². The summed E-state index contributed by atoms with van der Waals surface area (Å²) in [4.78, 5) is 20.0. The van der Waals surface area contributed by atoms with Gasteiger partial charge in [-0.25, -0.2) is 9.68 Å². The molecule has 6 nitrogen and oxygen atoms in total. The van der Waals surface area contributed by atoms with Crippen LogP contribution in [0.1, 0.15) is 0 Å². The fraction of sp³-hybridized carbons (Fsp3) is 0.857. The first-order valence-electron chi connectivity index (χ1n) is 3.83. The van der Waals surface area contributed by atoms with Crippen LogP contribution in [-0.4, -0.2) is 52.3 Å². The third kappa shape index (κ3) is 7.66. The van der Waals surface area contributed by atoms with Gasteiger partial charge in [0.1, 0.15) is 13.2 Å². The molecule has 13 heavy (non-hydrogen) atoms. The Bertz CT molecular complexity index is 111. The highest BCUT2D eigenvalue weighted by Gasteiger charge is 2.01. The van der Waals surface area contributed by atoms with Crippen molar-refractivity contribution in [3.63, 3.8) is 0 Å². The molecule has 0 saturated carbocycles. The zero-order valence-corrected chi connectivity index (χ0v) is 7.89. The van der Waals surface area contributed by atoms with Gasteiger partial charge in [-0.1, -0.05) is 5.23 Å². The average Bonchev–Trinajstić information content (AvgIpc) is 2.16. The molecular formula is C7H15NO5. The maximum absolute atomic E-state index is 10.3. The van der Waals surface area contributed by atoms with Gasteiger partial charge in [0.2, 0.25) is 0 Å². The van der Waals surface area contributed by atoms with Crippen molar-refractivity contribution in [1.82, 2.24) is 5.23 Å². The van der Waals surface area contributed by atoms with Crippen LogP contribution in [-0.2, 0) is 23.9 Å². The van der Waals surface area contributed by atoms with Crippen LogP contribution in [0, 0.1) is 0 Å². The first-order valence-corrected chi connectivity index (χ1v) is 3.83. The van der Waals surface area contributed by atoms with Crippen LogP contribution >= 0.6 is 0 Å². The van der Waals surface area contributed by atoms with E-state index >= 15 is 0 Å². The van der Waals surface area contributed by atoms with E-state index in [0.717, 1.165) is 5.23 Å². The van der Waals surface area contributed by atoms with E-state index in [-0.39, 0.29) is 13.2 Å². The maximum atomic E-state index is 10.3. The number of carbonyl (C=O) groups is 1. The number of hydrogen-bond acceptors (Lipinski definition) is 5. The van der Waals surface area contributed by atoms with Crippen molar-refractivity contribution in [2.75, 3.05) is 40.6 Å². The first kappa shape index (κ1) is 12.3. The number of carbonyl (C=O) groups excluding carboxylic acids is 1. The lowest BCUT2D eigenvalue weighted by Gasteiger charge is -2.14. The van der Waals surface area contributed by atoms with Crippen molar-refractivity contribution in [3.05, 3.63) is 0 Å². The lowest BCUT2D eigenvalue weighted by molar-refractivity contribution is -0.337. The summed E-state index contributed by atoms with van der Waals surface area (Å²) in [6, 6.07) is 0. The zero-order valence-electron chi connectivity index (χ0n) is 7.89. The van der Waals surface area contributed by atoms with E-state index in [4.69, 9.17) is 19.1 Å². The Hall–Kier alpha value is -0.690. The van der Waals surface area contributed by atoms with E-state index in [1.165, 1.54) is 0 Å². The molecule has 0 aliphatic rings. The molecule has 0 bridgehead atoms. The Morgan fingerprint density at radius 2 is 1.46 bits per heavy atom. The highest BCUT2D eigenvalue weighted by molar-refractivity contribution is 5.43. The molecule has 0 unspecified atom stereocenters. The molecule has 0 aromatic heterocycles. The van der Waals surface area contributed by atoms with Gasteiger partial charge in [-0.15, -0.1) is 0 Å². The molecule has 0 aliphatic carbocycles. The average molecular weight is 193 g/mol. The second kappa shape index (κ2) is 9.40. The van der Waals surface area contributed by atoms with Crippen LogP contribution in [0.15, 0.2) is 0 Å². The summed E-state index contributed by atoms with van der Waals surface area (Å²) in [7, 11) is 3.08. The van der Waals surface area contributed by atoms with Crippen molar-refractivity contribution in [2.24, 2.45) is 0 Å². The highest BCUT2D eigenvalue weighted by atomic mass is 17.0. The van der Waals surface area contributed by atoms with E-state index in [1.807, 2.05) is 0 Å². The first-order chi connectivity index (χ1) is 6.35. The standard InChI is InChI=1S/C7H15NO5/c1-10-3-5-12-8(7-9)13-6-4-11-2/h7H,3-6H2,1-2H3. The predicted octanol–water partition coefficient (Wildman–Crippen LogP) is -0.399. The van der Waals surface area contributed by atoms with E-state index in [9.17, 15) is 4.79 Å². The molecule has 0 radical (unpaired) electrons. The molecule has 0 atom stereocenters. The van der Waals surface area contributed by atoms with Gasteiger partial charge < -0.3 is 9.47 Å². The quantitative estimate of drug-likeness (QED) is 0.283. The number of hydroxylamine groups is 2. The van der Waals surface area contributed by atoms with Crippen LogP contribution in [0.3, 0.4) is 0 Å². The van der Waals surface area contributed by atoms with Crippen molar-refractivity contribution in [1.29, 1.82) is 0 Å². The smallest absolute Gasteiger partial charge is 0.261 e. The van der Waals surface area contributed by atoms with Crippen LogP contribution in [0.4, 0.5) is 0 Å². The molecule has 0 N–H and O–H groups in total. The number of hydrogen-bond donors (Lipinski definition) is 0. The number of amides is 1. The number of ether oxygens (including phenoxy) is 2. The van der Waals surface area contributed by atoms with Crippen molar-refractivity contribution >= 4 is 6.41 Å². The van der Waals surface area contributed by atoms with Crippen LogP contribution < -0.4 is 0 Å². The van der Waals surface area contributed by atoms with Gasteiger partial charge in [-0.05, 0) is 0 Å². The van der Waals surface area contributed by atoms with Gasteiger partial charge in [0.05, 0.1) is 13.2 Å². The SMILES string of the molecule is COCCON(C=O)OCCOC. The van der Waals surface area contributed by atoms with Gasteiger partial charge in [0.25, 0.3) is 6.41 Å². The minimum atomic E-state index is 0.266. The molecule has 0 spiro atoms. The molecule has 0 aromatic carbocycles. The van der Waals surface area contributed by atoms with E-state index in [2.05, 4.69) is 0 Å². The third-order valence-electron chi connectivity index (χ3n) is 1.10. The molecule has 0 saturated heterocycles. The van der Waals surface area contributed by atoms with Gasteiger partial charge >= 0.3 is 0 Å². The Morgan fingerprint density at radius 1 is 1.00 bits per heavy atom. The summed E-state index contributed by atoms with van der Waals surface area (Å²) in [6.45, 7) is 1.33. The lowest BCUT2D eigenvalue weighted by atomic mass is 10.8. The van der Waals surface area contributed by atoms with E-state index in [1.54, 1.807) is 14.2 Å². The minimum absolute atomic E-state index is 0.266. The largest absolute Gasteiger partial charge is 0.382 e. The number of methoxy groups -OCH3 is 2. The van der Waals surface area contributed by atoms with E-state index < -0.39 is 0 Å². The Balaban J connectivity index is 3.34. The fourth-order valence-corrected chi connectivity index (χ4v) is 0.519. The normalized spacial score (nSPS) is 10.0. The minimum Gasteiger partial charge on any atom is -0.382 e. The highest BCUT2D eigenvalue weighted by Crippen LogP contribution is 1.88. The monoisotopic (exact) mass is 193 g/mol. The maximum Gasteiger partial charge on any atom is 0.261 e. The lowest BCUT2D eigenvalue weighted by Crippen LogP contribution is -2.26. The molecule has 0 aromatic rings. The van der Waals surface area contributed by atoms with Crippen molar-refractivity contribution in [2.45, 2.75) is 0 Å². The molecule has 0 rings (SSSR count). The topological polar surface area (TPSA) is 57.2 Å². The predicted molar refractivity (Wildman–Crippen MR) is 43.6 cm³/mol. The van der Waals surface area contributed by atoms with Crippen molar-refractivity contribution < 1.29 is 23.9 Å². The zero-order chi connectivity index (χ0) is 9.94. The van der Waals surface area contributed by atoms with Crippen molar-refractivity contribution in [3.8, 4) is 0 Å². The van der Waals surface area contributed by atoms with Gasteiger partial charge in [0, 0.05) is 14.2 Å². The summed E-state index contributed by atoms with van der Waals surface area (Å²) in [5.41, 5.74) is 0. The fourth-order valence-electron chi connectivity index (χ4n) is 0.519. The summed E-state index contributed by atoms with van der Waals surface area (Å²) in [5, 5.41) is 0.748. The molecule has 0 aliphatic heterocycles. The summed E-state index contributed by atoms with van der Waals surface area (Å²) in [6.07, 6.45) is 0.436. The molecular weight excluding hydrogens is 178 g/mol.